The van der Waals surface area contributed by atoms with E-state index in [4.69, 9.17) is 9.26 Å². The largest absolute Gasteiger partial charge is 0.494 e. The average Bonchev–Trinajstić information content (AvgIpc) is 3.20. The monoisotopic (exact) mass is 457 g/mol. The fraction of sp³-hybridized carbons (Fsp3) is 0.273. The summed E-state index contributed by atoms with van der Waals surface area (Å²) in [5.41, 5.74) is 2.21. The summed E-state index contributed by atoms with van der Waals surface area (Å²) in [6.45, 7) is 3.03. The van der Waals surface area contributed by atoms with Crippen LogP contribution in [0.25, 0.3) is 11.3 Å². The van der Waals surface area contributed by atoms with Crippen LogP contribution in [0.5, 0.6) is 5.75 Å². The van der Waals surface area contributed by atoms with E-state index >= 15 is 0 Å². The quantitative estimate of drug-likeness (QED) is 0.537. The predicted octanol–water partition coefficient (Wildman–Crippen LogP) is 4.54. The highest BCUT2D eigenvalue weighted by Crippen LogP contribution is 2.23. The molecule has 0 aliphatic carbocycles. The van der Waals surface area contributed by atoms with Crippen LogP contribution in [0, 0.1) is 0 Å². The van der Waals surface area contributed by atoms with Crippen molar-refractivity contribution in [1.29, 1.82) is 0 Å². The zero-order valence-electron chi connectivity index (χ0n) is 16.7. The highest BCUT2D eigenvalue weighted by Gasteiger charge is 2.18. The molecule has 6 nitrogen and oxygen atoms in total. The van der Waals surface area contributed by atoms with Gasteiger partial charge in [-0.3, -0.25) is 4.79 Å². The lowest BCUT2D eigenvalue weighted by Gasteiger charge is -2.25. The summed E-state index contributed by atoms with van der Waals surface area (Å²) in [7, 11) is 3.96. The molecule has 1 heterocycles. The maximum absolute atomic E-state index is 12.6. The Morgan fingerprint density at radius 2 is 1.86 bits per heavy atom. The number of ether oxygens (including phenoxy) is 1. The molecule has 0 spiro atoms. The van der Waals surface area contributed by atoms with E-state index in [0.29, 0.717) is 18.9 Å². The van der Waals surface area contributed by atoms with E-state index in [-0.39, 0.29) is 17.6 Å². The van der Waals surface area contributed by atoms with Gasteiger partial charge in [0.05, 0.1) is 12.6 Å². The number of likely N-dealkylation sites (N-methyl/N-ethyl adjacent to an activating group) is 1. The van der Waals surface area contributed by atoms with Crippen molar-refractivity contribution >= 4 is 21.8 Å². The highest BCUT2D eigenvalue weighted by molar-refractivity contribution is 9.10. The van der Waals surface area contributed by atoms with E-state index in [1.165, 1.54) is 0 Å². The van der Waals surface area contributed by atoms with Crippen LogP contribution in [0.2, 0.25) is 0 Å². The maximum atomic E-state index is 12.6. The first-order chi connectivity index (χ1) is 14.0. The molecular formula is C22H24BrN3O3. The highest BCUT2D eigenvalue weighted by atomic mass is 79.9. The van der Waals surface area contributed by atoms with Gasteiger partial charge in [-0.05, 0) is 50.8 Å². The molecular weight excluding hydrogens is 434 g/mol. The van der Waals surface area contributed by atoms with Crippen molar-refractivity contribution in [2.24, 2.45) is 0 Å². The fourth-order valence-electron chi connectivity index (χ4n) is 2.96. The Morgan fingerprint density at radius 1 is 1.17 bits per heavy atom. The van der Waals surface area contributed by atoms with E-state index in [1.54, 1.807) is 6.07 Å². The lowest BCUT2D eigenvalue weighted by molar-refractivity contribution is 0.0933. The van der Waals surface area contributed by atoms with Gasteiger partial charge >= 0.3 is 0 Å². The summed E-state index contributed by atoms with van der Waals surface area (Å²) < 4.78 is 11.8. The van der Waals surface area contributed by atoms with E-state index < -0.39 is 0 Å². The van der Waals surface area contributed by atoms with Gasteiger partial charge in [0, 0.05) is 22.6 Å². The Morgan fingerprint density at radius 3 is 2.48 bits per heavy atom. The topological polar surface area (TPSA) is 67.6 Å². The minimum Gasteiger partial charge on any atom is -0.494 e. The van der Waals surface area contributed by atoms with Crippen molar-refractivity contribution in [3.63, 3.8) is 0 Å². The molecule has 1 aromatic heterocycles. The number of rotatable bonds is 8. The Kier molecular flexibility index (Phi) is 7.06. The molecule has 1 atom stereocenters. The Hall–Kier alpha value is -2.64. The summed E-state index contributed by atoms with van der Waals surface area (Å²) in [5, 5.41) is 6.86. The first-order valence-corrected chi connectivity index (χ1v) is 10.2. The molecule has 1 unspecified atom stereocenters. The number of carbonyl (C=O) groups is 1. The minimum atomic E-state index is -0.269. The first kappa shape index (κ1) is 21.1. The molecule has 0 saturated carbocycles. The van der Waals surface area contributed by atoms with Gasteiger partial charge in [0.2, 0.25) is 0 Å². The molecule has 1 N–H and O–H groups in total. The number of amides is 1. The molecule has 0 aliphatic rings. The van der Waals surface area contributed by atoms with Crippen LogP contribution in [0.15, 0.2) is 63.6 Å². The molecule has 7 heteroatoms. The second-order valence-electron chi connectivity index (χ2n) is 6.77. The van der Waals surface area contributed by atoms with Crippen LogP contribution in [-0.4, -0.2) is 43.2 Å². The Labute approximate surface area is 179 Å². The van der Waals surface area contributed by atoms with E-state index in [9.17, 15) is 4.79 Å². The van der Waals surface area contributed by atoms with E-state index in [2.05, 4.69) is 31.3 Å². The third kappa shape index (κ3) is 5.46. The normalized spacial score (nSPS) is 12.0. The standard InChI is InChI=1S/C22H24BrN3O3/c1-4-28-18-11-7-15(8-12-18)20(26(2)3)14-24-22(27)19-13-21(29-25-19)16-5-9-17(23)10-6-16/h5-13,20H,4,14H2,1-3H3,(H,24,27). The third-order valence-electron chi connectivity index (χ3n) is 4.53. The number of nitrogens with one attached hydrogen (secondary N) is 1. The van der Waals surface area contributed by atoms with Crippen LogP contribution >= 0.6 is 15.9 Å². The van der Waals surface area contributed by atoms with E-state index in [1.807, 2.05) is 69.6 Å². The summed E-state index contributed by atoms with van der Waals surface area (Å²) in [5.74, 6) is 1.12. The number of halogens is 1. The van der Waals surface area contributed by atoms with Gasteiger partial charge in [0.1, 0.15) is 5.75 Å². The van der Waals surface area contributed by atoms with Gasteiger partial charge in [-0.2, -0.15) is 0 Å². The van der Waals surface area contributed by atoms with Crippen molar-refractivity contribution in [3.05, 3.63) is 70.3 Å². The Balaban J connectivity index is 1.65. The smallest absolute Gasteiger partial charge is 0.273 e. The van der Waals surface area contributed by atoms with Crippen LogP contribution < -0.4 is 10.1 Å². The molecule has 0 saturated heterocycles. The van der Waals surface area contributed by atoms with Gasteiger partial charge in [-0.1, -0.05) is 45.4 Å². The average molecular weight is 458 g/mol. The molecule has 2 aromatic carbocycles. The summed E-state index contributed by atoms with van der Waals surface area (Å²) in [6.07, 6.45) is 0. The molecule has 1 amide bonds. The number of hydrogen-bond acceptors (Lipinski definition) is 5. The first-order valence-electron chi connectivity index (χ1n) is 9.38. The van der Waals surface area contributed by atoms with E-state index in [0.717, 1.165) is 21.3 Å². The van der Waals surface area contributed by atoms with Crippen molar-refractivity contribution in [2.75, 3.05) is 27.2 Å². The van der Waals surface area contributed by atoms with Gasteiger partial charge in [0.15, 0.2) is 11.5 Å². The number of nitrogens with zero attached hydrogens (tertiary/aromatic N) is 2. The second kappa shape index (κ2) is 9.71. The van der Waals surface area contributed by atoms with Gasteiger partial charge < -0.3 is 19.5 Å². The third-order valence-corrected chi connectivity index (χ3v) is 5.06. The van der Waals surface area contributed by atoms with Crippen LogP contribution in [0.1, 0.15) is 29.0 Å². The summed E-state index contributed by atoms with van der Waals surface area (Å²) >= 11 is 3.40. The maximum Gasteiger partial charge on any atom is 0.273 e. The number of aromatic nitrogens is 1. The number of benzene rings is 2. The van der Waals surface area contributed by atoms with Crippen LogP contribution in [-0.2, 0) is 0 Å². The number of hydrogen-bond donors (Lipinski definition) is 1. The van der Waals surface area contributed by atoms with Crippen molar-refractivity contribution in [1.82, 2.24) is 15.4 Å². The van der Waals surface area contributed by atoms with Gasteiger partial charge in [-0.15, -0.1) is 0 Å². The zero-order valence-corrected chi connectivity index (χ0v) is 18.3. The van der Waals surface area contributed by atoms with Crippen molar-refractivity contribution in [2.45, 2.75) is 13.0 Å². The molecule has 152 valence electrons. The molecule has 3 aromatic rings. The SMILES string of the molecule is CCOc1ccc(C(CNC(=O)c2cc(-c3ccc(Br)cc3)on2)N(C)C)cc1. The Bertz CT molecular complexity index is 937. The fourth-order valence-corrected chi connectivity index (χ4v) is 3.23. The van der Waals surface area contributed by atoms with Gasteiger partial charge in [0.25, 0.3) is 5.91 Å². The molecule has 0 fully saturated rings. The number of carbonyl (C=O) groups excluding carboxylic acids is 1. The lowest BCUT2D eigenvalue weighted by atomic mass is 10.1. The molecule has 3 rings (SSSR count). The lowest BCUT2D eigenvalue weighted by Crippen LogP contribution is -2.34. The minimum absolute atomic E-state index is 0.0208. The van der Waals surface area contributed by atoms with Crippen molar-refractivity contribution < 1.29 is 14.1 Å². The second-order valence-corrected chi connectivity index (χ2v) is 7.69. The van der Waals surface area contributed by atoms with Crippen molar-refractivity contribution in [3.8, 4) is 17.1 Å². The molecule has 0 aliphatic heterocycles. The van der Waals surface area contributed by atoms with Gasteiger partial charge in [-0.25, -0.2) is 0 Å². The predicted molar refractivity (Wildman–Crippen MR) is 116 cm³/mol. The summed E-state index contributed by atoms with van der Waals surface area (Å²) in [6, 6.07) is 17.2. The van der Waals surface area contributed by atoms with Crippen LogP contribution in [0.3, 0.4) is 0 Å². The molecule has 0 radical (unpaired) electrons. The molecule has 0 bridgehead atoms. The summed E-state index contributed by atoms with van der Waals surface area (Å²) in [4.78, 5) is 14.6. The van der Waals surface area contributed by atoms with Crippen LogP contribution in [0.4, 0.5) is 0 Å². The zero-order chi connectivity index (χ0) is 20.8. The molecule has 29 heavy (non-hydrogen) atoms.